The maximum atomic E-state index is 6.59. The zero-order chi connectivity index (χ0) is 24.9. The fraction of sp³-hybridized carbons (Fsp3) is 0.121. The van der Waals surface area contributed by atoms with E-state index >= 15 is 0 Å². The Balaban J connectivity index is 1.63. The number of hydrogen-bond acceptors (Lipinski definition) is 2. The van der Waals surface area contributed by atoms with Crippen molar-refractivity contribution in [3.8, 4) is 33.7 Å². The molecule has 0 bridgehead atoms. The summed E-state index contributed by atoms with van der Waals surface area (Å²) in [7, 11) is 0. The van der Waals surface area contributed by atoms with Crippen LogP contribution in [0.2, 0.25) is 17.3 Å². The number of rotatable bonds is 4. The topological polar surface area (TPSA) is 26.0 Å². The fourth-order valence-electron chi connectivity index (χ4n) is 5.03. The number of hydrogen-bond donors (Lipinski definition) is 0. The molecule has 0 aliphatic carbocycles. The van der Waals surface area contributed by atoms with Gasteiger partial charge in [-0.1, -0.05) is 18.2 Å². The van der Waals surface area contributed by atoms with Gasteiger partial charge in [-0.25, -0.2) is 0 Å². The average molecular weight is 528 g/mol. The van der Waals surface area contributed by atoms with Crippen molar-refractivity contribution >= 4 is 39.4 Å². The third-order valence-corrected chi connectivity index (χ3v) is 11.3. The van der Waals surface area contributed by atoms with Gasteiger partial charge in [0.05, 0.1) is 0 Å². The normalized spacial score (nSPS) is 11.9. The summed E-state index contributed by atoms with van der Waals surface area (Å²) in [4.78, 5) is 4.89. The average Bonchev–Trinajstić information content (AvgIpc) is 3.24. The van der Waals surface area contributed by atoms with Gasteiger partial charge in [0.1, 0.15) is 0 Å². The number of fused-ring (bicyclic) bond motifs is 2. The van der Waals surface area contributed by atoms with E-state index in [2.05, 4.69) is 115 Å². The number of nitrogens with zero attached hydrogens (tertiary/aromatic N) is 1. The van der Waals surface area contributed by atoms with Crippen molar-refractivity contribution in [2.24, 2.45) is 0 Å². The van der Waals surface area contributed by atoms with E-state index in [1.807, 2.05) is 12.3 Å². The van der Waals surface area contributed by atoms with Gasteiger partial charge in [-0.15, -0.1) is 0 Å². The van der Waals surface area contributed by atoms with Crippen molar-refractivity contribution in [1.82, 2.24) is 4.98 Å². The van der Waals surface area contributed by atoms with Crippen LogP contribution in [0, 0.1) is 6.92 Å². The van der Waals surface area contributed by atoms with E-state index in [9.17, 15) is 0 Å². The Morgan fingerprint density at radius 1 is 0.667 bits per heavy atom. The maximum absolute atomic E-state index is 6.59. The molecule has 0 aliphatic rings. The summed E-state index contributed by atoms with van der Waals surface area (Å²) in [5, 5.41) is 3.58. The zero-order valence-corrected chi connectivity index (χ0v) is 23.3. The third kappa shape index (κ3) is 3.96. The van der Waals surface area contributed by atoms with Crippen LogP contribution >= 0.6 is 0 Å². The molecule has 2 nitrogen and oxygen atoms in total. The predicted octanol–water partition coefficient (Wildman–Crippen LogP) is 8.84. The third-order valence-electron chi connectivity index (χ3n) is 7.06. The molecule has 2 aromatic heterocycles. The number of benzene rings is 4. The van der Waals surface area contributed by atoms with E-state index in [0.717, 1.165) is 50.2 Å². The zero-order valence-electron chi connectivity index (χ0n) is 21.2. The van der Waals surface area contributed by atoms with Crippen molar-refractivity contribution in [1.29, 1.82) is 0 Å². The van der Waals surface area contributed by atoms with Gasteiger partial charge in [0, 0.05) is 0 Å². The Kier molecular flexibility index (Phi) is 5.57. The Morgan fingerprint density at radius 2 is 1.36 bits per heavy atom. The van der Waals surface area contributed by atoms with E-state index in [1.165, 1.54) is 15.2 Å². The van der Waals surface area contributed by atoms with Crippen molar-refractivity contribution in [3.63, 3.8) is 0 Å². The standard InChI is InChI=1S/C33H29GeNO/c1-22-29-20-26(31-28-16-15-27(34(2,3)4)19-25(28)17-18-35-31)21-30(23-11-7-5-8-12-23)33(29)36-32(22)24-13-9-6-10-14-24/h5-21H,1-4H3. The molecule has 0 spiro atoms. The number of aryl methyl sites for hydroxylation is 1. The van der Waals surface area contributed by atoms with E-state index in [4.69, 9.17) is 9.40 Å². The van der Waals surface area contributed by atoms with Crippen molar-refractivity contribution in [2.45, 2.75) is 24.2 Å². The van der Waals surface area contributed by atoms with Crippen molar-refractivity contribution in [3.05, 3.63) is 109 Å². The van der Waals surface area contributed by atoms with Gasteiger partial charge >= 0.3 is 197 Å². The first-order valence-corrected chi connectivity index (χ1v) is 19.8. The first-order valence-electron chi connectivity index (χ1n) is 12.5. The predicted molar refractivity (Wildman–Crippen MR) is 156 cm³/mol. The van der Waals surface area contributed by atoms with Crippen molar-refractivity contribution < 1.29 is 4.42 Å². The molecule has 3 heteroatoms. The Hall–Kier alpha value is -3.63. The second-order valence-electron chi connectivity index (χ2n) is 10.5. The van der Waals surface area contributed by atoms with E-state index in [-0.39, 0.29) is 0 Å². The van der Waals surface area contributed by atoms with Gasteiger partial charge in [0.2, 0.25) is 0 Å². The fourth-order valence-corrected chi connectivity index (χ4v) is 7.49. The number of pyridine rings is 1. The first kappa shape index (κ1) is 22.8. The molecule has 0 saturated carbocycles. The van der Waals surface area contributed by atoms with E-state index in [0.29, 0.717) is 0 Å². The summed E-state index contributed by atoms with van der Waals surface area (Å²) < 4.78 is 8.10. The van der Waals surface area contributed by atoms with Crippen LogP contribution in [-0.4, -0.2) is 18.3 Å². The SMILES string of the molecule is Cc1c(-c2ccccc2)oc2c(-c3ccccc3)cc(-c3nccc4c[c]([Ge]([CH3])([CH3])[CH3])ccc34)cc12. The molecule has 176 valence electrons. The van der Waals surface area contributed by atoms with Crippen LogP contribution in [0.3, 0.4) is 0 Å². The molecular formula is C33H29GeNO. The summed E-state index contributed by atoms with van der Waals surface area (Å²) in [6, 6.07) is 34.5. The minimum absolute atomic E-state index is 0.921. The molecule has 0 unspecified atom stereocenters. The van der Waals surface area contributed by atoms with E-state index < -0.39 is 13.3 Å². The monoisotopic (exact) mass is 529 g/mol. The van der Waals surface area contributed by atoms with Crippen LogP contribution < -0.4 is 4.40 Å². The molecule has 4 aromatic carbocycles. The molecule has 0 N–H and O–H groups in total. The van der Waals surface area contributed by atoms with Crippen LogP contribution in [0.5, 0.6) is 0 Å². The summed E-state index contributed by atoms with van der Waals surface area (Å²) >= 11 is -1.93. The number of furan rings is 1. The molecule has 0 amide bonds. The Bertz CT molecular complexity index is 1710. The first-order chi connectivity index (χ1) is 17.4. The molecular weight excluding hydrogens is 499 g/mol. The molecule has 0 fully saturated rings. The molecule has 0 aliphatic heterocycles. The van der Waals surface area contributed by atoms with Crippen molar-refractivity contribution in [2.75, 3.05) is 0 Å². The second kappa shape index (κ2) is 8.79. The summed E-state index contributed by atoms with van der Waals surface area (Å²) in [6.45, 7) is 2.16. The molecule has 0 saturated heterocycles. The molecule has 6 aromatic rings. The van der Waals surface area contributed by atoms with Crippen LogP contribution in [0.1, 0.15) is 5.56 Å². The Labute approximate surface area is 215 Å². The van der Waals surface area contributed by atoms with Crippen LogP contribution in [0.15, 0.2) is 108 Å². The minimum atomic E-state index is -1.93. The molecule has 6 rings (SSSR count). The van der Waals surface area contributed by atoms with Crippen LogP contribution in [0.25, 0.3) is 55.4 Å². The van der Waals surface area contributed by atoms with Gasteiger partial charge in [-0.05, 0) is 0 Å². The van der Waals surface area contributed by atoms with Crippen LogP contribution in [0.4, 0.5) is 0 Å². The van der Waals surface area contributed by atoms with Gasteiger partial charge < -0.3 is 0 Å². The Morgan fingerprint density at radius 3 is 2.06 bits per heavy atom. The summed E-state index contributed by atoms with van der Waals surface area (Å²) in [5.74, 6) is 8.24. The quantitative estimate of drug-likeness (QED) is 0.214. The van der Waals surface area contributed by atoms with E-state index in [1.54, 1.807) is 0 Å². The summed E-state index contributed by atoms with van der Waals surface area (Å²) in [5.41, 5.74) is 7.52. The molecule has 2 heterocycles. The molecule has 0 radical (unpaired) electrons. The van der Waals surface area contributed by atoms with Crippen LogP contribution in [-0.2, 0) is 0 Å². The van der Waals surface area contributed by atoms with Gasteiger partial charge in [0.15, 0.2) is 0 Å². The molecule has 0 atom stereocenters. The van der Waals surface area contributed by atoms with Gasteiger partial charge in [0.25, 0.3) is 0 Å². The second-order valence-corrected chi connectivity index (χ2v) is 21.2. The number of aromatic nitrogens is 1. The van der Waals surface area contributed by atoms with Gasteiger partial charge in [-0.2, -0.15) is 0 Å². The van der Waals surface area contributed by atoms with Gasteiger partial charge in [-0.3, -0.25) is 0 Å². The summed E-state index contributed by atoms with van der Waals surface area (Å²) in [6.07, 6.45) is 1.95. The molecule has 36 heavy (non-hydrogen) atoms.